The van der Waals surface area contributed by atoms with Crippen LogP contribution in [0.15, 0.2) is 12.7 Å². The number of hydrogen-bond acceptors (Lipinski definition) is 13. The molecule has 19 heteroatoms. The van der Waals surface area contributed by atoms with Crippen LogP contribution in [-0.2, 0) is 18.4 Å². The number of aliphatic hydroxyl groups is 2. The van der Waals surface area contributed by atoms with Crippen LogP contribution in [0.2, 0.25) is 0 Å². The fraction of sp³-hybridized carbons (Fsp3) is 0.545. The summed E-state index contributed by atoms with van der Waals surface area (Å²) in [5.41, 5.74) is 6.10. The van der Waals surface area contributed by atoms with Crippen molar-refractivity contribution in [2.24, 2.45) is 0 Å². The first-order valence-electron chi connectivity index (χ1n) is 7.39. The van der Waals surface area contributed by atoms with Gasteiger partial charge in [-0.05, 0) is 0 Å². The van der Waals surface area contributed by atoms with Gasteiger partial charge in [-0.1, -0.05) is 7.60 Å². The van der Waals surface area contributed by atoms with E-state index in [-0.39, 0.29) is 106 Å². The van der Waals surface area contributed by atoms with E-state index in [9.17, 15) is 34.0 Å². The number of hydrogen-bond donors (Lipinski definition) is 3. The molecule has 0 spiro atoms. The van der Waals surface area contributed by atoms with E-state index in [4.69, 9.17) is 10.5 Å². The molecule has 1 aliphatic rings. The van der Waals surface area contributed by atoms with Crippen LogP contribution >= 0.6 is 15.2 Å². The number of anilines is 1. The van der Waals surface area contributed by atoms with Crippen LogP contribution in [-0.4, -0.2) is 60.6 Å². The van der Waals surface area contributed by atoms with Crippen LogP contribution in [0.3, 0.4) is 0 Å². The summed E-state index contributed by atoms with van der Waals surface area (Å²) in [7, 11) is -10.4. The molecule has 0 bridgehead atoms. The third kappa shape index (κ3) is 7.52. The zero-order valence-corrected chi connectivity index (χ0v) is 24.2. The molecule has 1 unspecified atom stereocenters. The number of aliphatic hydroxyl groups excluding tert-OH is 2. The normalized spacial score (nSPS) is 25.6. The number of ether oxygens (including phenoxy) is 1. The summed E-state index contributed by atoms with van der Waals surface area (Å²) in [5, 5.41) is 20.3. The van der Waals surface area contributed by atoms with E-state index in [0.717, 1.165) is 6.33 Å². The molecule has 5 atom stereocenters. The van der Waals surface area contributed by atoms with Gasteiger partial charge < -0.3 is 49.0 Å². The van der Waals surface area contributed by atoms with Crippen molar-refractivity contribution in [1.29, 1.82) is 0 Å². The molecule has 1 saturated heterocycles. The topological polar surface area (TPSA) is 232 Å². The van der Waals surface area contributed by atoms with Gasteiger partial charge in [-0.25, -0.2) is 15.0 Å². The van der Waals surface area contributed by atoms with Crippen LogP contribution in [0.5, 0.6) is 0 Å². The van der Waals surface area contributed by atoms with Gasteiger partial charge in [0.25, 0.3) is 0 Å². The fourth-order valence-electron chi connectivity index (χ4n) is 2.59. The van der Waals surface area contributed by atoms with Gasteiger partial charge in [-0.3, -0.25) is 4.57 Å². The van der Waals surface area contributed by atoms with Gasteiger partial charge in [0.05, 0.1) is 12.9 Å². The van der Waals surface area contributed by atoms with Crippen LogP contribution in [0.1, 0.15) is 6.23 Å². The van der Waals surface area contributed by atoms with E-state index in [2.05, 4.69) is 19.5 Å². The van der Waals surface area contributed by atoms with Crippen LogP contribution in [0.25, 0.3) is 11.2 Å². The average Bonchev–Trinajstić information content (AvgIpc) is 3.07. The smallest absolute Gasteiger partial charge is 0.810 e. The van der Waals surface area contributed by atoms with Crippen molar-refractivity contribution >= 4 is 32.2 Å². The predicted octanol–water partition coefficient (Wildman–Crippen LogP) is -12.5. The summed E-state index contributed by atoms with van der Waals surface area (Å²) in [6.45, 7) is -0.806. The predicted molar refractivity (Wildman–Crippen MR) is 81.7 cm³/mol. The summed E-state index contributed by atoms with van der Waals surface area (Å²) in [6, 6.07) is 0. The summed E-state index contributed by atoms with van der Waals surface area (Å²) in [5.74, 6) is -1.63. The molecule has 4 N–H and O–H groups in total. The second kappa shape index (κ2) is 12.3. The zero-order chi connectivity index (χ0) is 20.0. The second-order valence-corrected chi connectivity index (χ2v) is 9.62. The maximum absolute atomic E-state index is 11.5. The Morgan fingerprint density at radius 3 is 2.37 bits per heavy atom. The Balaban J connectivity index is 0.00000280. The molecule has 150 valence electrons. The molecule has 3 heterocycles. The fourth-order valence-corrected chi connectivity index (χ4v) is 4.99. The Morgan fingerprint density at radius 1 is 1.13 bits per heavy atom. The molecule has 1 aliphatic heterocycles. The molecular weight excluding hydrogens is 477 g/mol. The van der Waals surface area contributed by atoms with Crippen LogP contribution < -0.4 is 109 Å². The Bertz CT molecular complexity index is 946. The van der Waals surface area contributed by atoms with Gasteiger partial charge in [-0.2, -0.15) is 0 Å². The minimum Gasteiger partial charge on any atom is -0.810 e. The van der Waals surface area contributed by atoms with Crippen molar-refractivity contribution in [3.63, 3.8) is 0 Å². The van der Waals surface area contributed by atoms with Gasteiger partial charge in [0.1, 0.15) is 37.8 Å². The van der Waals surface area contributed by atoms with Crippen LogP contribution in [0, 0.1) is 0 Å². The molecule has 30 heavy (non-hydrogen) atoms. The average molecular weight is 491 g/mol. The summed E-state index contributed by atoms with van der Waals surface area (Å²) >= 11 is 0. The van der Waals surface area contributed by atoms with E-state index >= 15 is 0 Å². The summed E-state index contributed by atoms with van der Waals surface area (Å²) < 4.78 is 33.2. The second-order valence-electron chi connectivity index (χ2n) is 5.79. The molecule has 2 aromatic heterocycles. The third-order valence-electron chi connectivity index (χ3n) is 3.78. The first-order valence-corrected chi connectivity index (χ1v) is 10.8. The maximum atomic E-state index is 11.5. The molecule has 0 amide bonds. The molecule has 0 saturated carbocycles. The van der Waals surface area contributed by atoms with Gasteiger partial charge in [0.15, 0.2) is 17.7 Å². The molecule has 0 radical (unpaired) electrons. The minimum atomic E-state index is -5.35. The van der Waals surface area contributed by atoms with Crippen molar-refractivity contribution in [3.05, 3.63) is 12.7 Å². The van der Waals surface area contributed by atoms with Crippen molar-refractivity contribution < 1.29 is 132 Å². The first-order chi connectivity index (χ1) is 12.5. The van der Waals surface area contributed by atoms with Crippen molar-refractivity contribution in [3.8, 4) is 0 Å². The quantitative estimate of drug-likeness (QED) is 0.252. The first kappa shape index (κ1) is 31.5. The number of imidazole rings is 1. The summed E-state index contributed by atoms with van der Waals surface area (Å²) in [4.78, 5) is 44.4. The van der Waals surface area contributed by atoms with Gasteiger partial charge in [0, 0.05) is 5.90 Å². The van der Waals surface area contributed by atoms with Crippen molar-refractivity contribution in [2.75, 3.05) is 18.2 Å². The van der Waals surface area contributed by atoms with E-state index in [0.29, 0.717) is 0 Å². The van der Waals surface area contributed by atoms with Gasteiger partial charge >= 0.3 is 88.7 Å². The molecule has 2 aromatic rings. The molecule has 1 fully saturated rings. The number of fused-ring (bicyclic) bond motifs is 1. The standard InChI is InChI=1S/C11H17N5O9P2.3Na/c12-9-6-10(14-2-13-9)16(3-15-6)11-8(18)7(17)5(25-11)1-24-27(22,23)4-26(19,20)21;;;/h2-3,5,7-8,11,17-18H,1,4H2,(H,22,23)(H2,12,13,14)(H2,19,20,21);;;/q;3*+1/p-3/t5-,7-,8-,11-;;;/m1.../s1. The molecule has 14 nitrogen and oxygen atoms in total. The Hall–Kier alpha value is 1.53. The summed E-state index contributed by atoms with van der Waals surface area (Å²) in [6.07, 6.45) is -3.22. The SMILES string of the molecule is Nc1ncnc2c1ncn2[C@@H]1O[C@H](COP(=O)([O-])CP(=O)([O-])[O-])[C@@H](O)[C@H]1O.[Na+].[Na+].[Na+]. The van der Waals surface area contributed by atoms with E-state index in [1.807, 2.05) is 0 Å². The zero-order valence-electron chi connectivity index (χ0n) is 16.4. The van der Waals surface area contributed by atoms with E-state index in [1.54, 1.807) is 0 Å². The van der Waals surface area contributed by atoms with Gasteiger partial charge in [0.2, 0.25) is 0 Å². The largest absolute Gasteiger partial charge is 1.00 e. The number of aromatic nitrogens is 4. The molecule has 0 aromatic carbocycles. The number of nitrogens with two attached hydrogens (primary N) is 1. The van der Waals surface area contributed by atoms with Crippen molar-refractivity contribution in [2.45, 2.75) is 24.5 Å². The Labute approximate surface area is 236 Å². The monoisotopic (exact) mass is 491 g/mol. The maximum Gasteiger partial charge on any atom is 1.00 e. The van der Waals surface area contributed by atoms with E-state index < -0.39 is 52.2 Å². The Morgan fingerprint density at radius 2 is 1.77 bits per heavy atom. The third-order valence-corrected chi connectivity index (χ3v) is 7.09. The number of nitrogens with zero attached hydrogens (tertiary/aromatic N) is 4. The minimum absolute atomic E-state index is 0. The van der Waals surface area contributed by atoms with Gasteiger partial charge in [-0.15, -0.1) is 0 Å². The molecular formula is C11H14N5Na3O9P2. The van der Waals surface area contributed by atoms with E-state index in [1.165, 1.54) is 10.9 Å². The molecule has 3 rings (SSSR count). The Kier molecular flexibility index (Phi) is 12.9. The van der Waals surface area contributed by atoms with Crippen molar-refractivity contribution in [1.82, 2.24) is 19.5 Å². The van der Waals surface area contributed by atoms with Crippen LogP contribution in [0.4, 0.5) is 5.82 Å². The number of rotatable bonds is 6. The number of nitrogen functional groups attached to an aromatic ring is 1. The molecule has 0 aliphatic carbocycles.